The van der Waals surface area contributed by atoms with Gasteiger partial charge in [-0.3, -0.25) is 24.2 Å². The summed E-state index contributed by atoms with van der Waals surface area (Å²) in [5, 5.41) is 27.9. The predicted octanol–water partition coefficient (Wildman–Crippen LogP) is 14.9. The van der Waals surface area contributed by atoms with E-state index in [0.717, 1.165) is 91.5 Å². The van der Waals surface area contributed by atoms with Gasteiger partial charge in [0.15, 0.2) is 28.7 Å². The van der Waals surface area contributed by atoms with Crippen molar-refractivity contribution in [1.82, 2.24) is 50.7 Å². The quantitative estimate of drug-likeness (QED) is 0.0669. The summed E-state index contributed by atoms with van der Waals surface area (Å²) >= 11 is 41.6. The maximum absolute atomic E-state index is 13.2. The zero-order valence-corrected chi connectivity index (χ0v) is 63.5. The summed E-state index contributed by atoms with van der Waals surface area (Å²) in [4.78, 5) is 98.9. The highest BCUT2D eigenvalue weighted by Gasteiger charge is 2.55. The number of anilines is 2. The third-order valence-electron chi connectivity index (χ3n) is 20.6. The number of hydrogen-bond acceptors (Lipinski definition) is 23. The van der Waals surface area contributed by atoms with Crippen LogP contribution in [-0.2, 0) is 57.9 Å². The fraction of sp³-hybridized carbons (Fsp3) is 0.392. The molecular formula is C74H65BrCl6N12O15. The normalized spacial score (nSPS) is 22.7. The van der Waals surface area contributed by atoms with E-state index in [4.69, 9.17) is 102 Å². The van der Waals surface area contributed by atoms with Crippen molar-refractivity contribution in [3.8, 4) is 33.8 Å². The number of carboxylic acids is 1. The molecule has 0 unspecified atom stereocenters. The number of fused-ring (bicyclic) bond motifs is 6. The van der Waals surface area contributed by atoms with E-state index in [9.17, 15) is 28.8 Å². The smallest absolute Gasteiger partial charge is 0.358 e. The molecule has 6 saturated carbocycles. The maximum atomic E-state index is 13.2. The van der Waals surface area contributed by atoms with E-state index in [1.54, 1.807) is 64.4 Å². The average Bonchev–Trinajstić information content (AvgIpc) is 1.64. The molecule has 34 heteroatoms. The van der Waals surface area contributed by atoms with E-state index in [-0.39, 0.29) is 102 Å². The lowest BCUT2D eigenvalue weighted by Crippen LogP contribution is -2.43. The van der Waals surface area contributed by atoms with E-state index >= 15 is 0 Å². The van der Waals surface area contributed by atoms with Crippen LogP contribution < -0.4 is 15.1 Å². The number of ether oxygens (including phenoxy) is 5. The number of halogens is 7. The number of piperidine rings is 3. The van der Waals surface area contributed by atoms with Gasteiger partial charge in [-0.25, -0.2) is 44.3 Å². The van der Waals surface area contributed by atoms with E-state index in [1.165, 1.54) is 45.2 Å². The van der Waals surface area contributed by atoms with E-state index in [2.05, 4.69) is 76.1 Å². The van der Waals surface area contributed by atoms with Gasteiger partial charge in [-0.05, 0) is 129 Å². The van der Waals surface area contributed by atoms with Crippen LogP contribution in [0.5, 0.6) is 0 Å². The van der Waals surface area contributed by atoms with Gasteiger partial charge in [-0.2, -0.15) is 0 Å². The molecule has 3 saturated heterocycles. The van der Waals surface area contributed by atoms with Gasteiger partial charge in [0.1, 0.15) is 39.0 Å². The van der Waals surface area contributed by atoms with E-state index in [1.807, 2.05) is 0 Å². The number of nitrogens with one attached hydrogen (secondary N) is 1. The first kappa shape index (κ1) is 74.9. The Morgan fingerprint density at radius 3 is 1.15 bits per heavy atom. The monoisotopic (exact) mass is 1650 g/mol. The highest BCUT2D eigenvalue weighted by Crippen LogP contribution is 2.52. The topological polar surface area (TPSA) is 343 Å². The second kappa shape index (κ2) is 31.8. The molecule has 27 nitrogen and oxygen atoms in total. The summed E-state index contributed by atoms with van der Waals surface area (Å²) in [6, 6.07) is 16.1. The van der Waals surface area contributed by atoms with Crippen LogP contribution in [0.3, 0.4) is 0 Å². The number of aromatic carboxylic acids is 1. The van der Waals surface area contributed by atoms with Crippen LogP contribution in [0.1, 0.15) is 160 Å². The fourth-order valence-electron chi connectivity index (χ4n) is 14.9. The van der Waals surface area contributed by atoms with Crippen molar-refractivity contribution < 1.29 is 71.1 Å². The lowest BCUT2D eigenvalue weighted by Gasteiger charge is -2.30. The number of carbonyl (C=O) groups is 6. The SMILES string of the molecule is COC(=O)c1cnc(Br)cn1.COC(=O)c1cnc(N2C(=O)[C@@H]3C[C@H]2C[C@H]3OCc2c(-c3c(Cl)cccc3Cl)noc2C2CC2)cn1.O=C(O)c1cnc(N2C(=O)[C@@H]3C[C@H]2C[C@H]3OCc2c(-c3c(Cl)cccc3Cl)noc2C2CC2)cn1.O=C1N[C@@H]2C[C@@H](OCc3c(-c4c(Cl)cccc4Cl)noc3C3CC3)[C@H]1C2. The molecule has 6 bridgehead atoms. The van der Waals surface area contributed by atoms with Gasteiger partial charge in [0.2, 0.25) is 17.7 Å². The number of benzene rings is 3. The number of aromatic nitrogens is 9. The molecule has 3 amide bonds. The number of hydrogen-bond donors (Lipinski definition) is 2. The summed E-state index contributed by atoms with van der Waals surface area (Å²) in [6.45, 7) is 0.842. The summed E-state index contributed by atoms with van der Waals surface area (Å²) in [5.74, 6) is 1.35. The minimum absolute atomic E-state index is 0.0448. The molecule has 3 aromatic carbocycles. The minimum Gasteiger partial charge on any atom is -0.476 e. The third kappa shape index (κ3) is 15.4. The van der Waals surface area contributed by atoms with Crippen molar-refractivity contribution >= 4 is 133 Å². The number of carbonyl (C=O) groups excluding carboxylic acids is 5. The second-order valence-electron chi connectivity index (χ2n) is 27.5. The van der Waals surface area contributed by atoms with Gasteiger partial charge >= 0.3 is 17.9 Å². The number of carboxylic acid groups (broad SMARTS) is 1. The van der Waals surface area contributed by atoms with Crippen LogP contribution in [0, 0.1) is 17.8 Å². The zero-order chi connectivity index (χ0) is 75.3. The average molecular weight is 1660 g/mol. The van der Waals surface area contributed by atoms with Gasteiger partial charge in [-0.1, -0.05) is 103 Å². The van der Waals surface area contributed by atoms with Gasteiger partial charge in [0.05, 0.1) is 137 Å². The second-order valence-corrected chi connectivity index (χ2v) is 30.7. The van der Waals surface area contributed by atoms with Crippen LogP contribution >= 0.6 is 85.5 Å². The largest absolute Gasteiger partial charge is 0.476 e. The van der Waals surface area contributed by atoms with Crippen LogP contribution in [0.2, 0.25) is 30.1 Å². The predicted molar refractivity (Wildman–Crippen MR) is 394 cm³/mol. The first-order chi connectivity index (χ1) is 52.2. The Hall–Kier alpha value is -8.55. The van der Waals surface area contributed by atoms with Crippen LogP contribution in [0.25, 0.3) is 33.8 Å². The van der Waals surface area contributed by atoms with Crippen molar-refractivity contribution in [3.63, 3.8) is 0 Å². The first-order valence-corrected chi connectivity index (χ1v) is 37.9. The summed E-state index contributed by atoms with van der Waals surface area (Å²) in [6.07, 6.45) is 18.2. The number of amides is 3. The molecule has 9 heterocycles. The molecule has 3 aliphatic heterocycles. The lowest BCUT2D eigenvalue weighted by molar-refractivity contribution is -0.129. The number of nitrogens with zero attached hydrogens (tertiary/aromatic N) is 11. The number of esters is 2. The zero-order valence-electron chi connectivity index (χ0n) is 57.4. The van der Waals surface area contributed by atoms with Crippen LogP contribution in [-0.4, -0.2) is 137 Å². The molecule has 9 atom stereocenters. The standard InChI is InChI=1S/C25H22Cl2N4O5.C24H20Cl2N4O5.C19H18Cl2N2O3.C6H5BrN2O2/c1-34-25(33)18-9-29-20(10-28-18)31-13-7-14(24(31)32)19(8-13)35-11-15-22(30-36-23(15)12-5-6-12)21-16(26)3-2-4-17(21)27;25-15-2-1-3-16(26)20(15)21-14(22(35-29-21)11-4-5-11)10-34-18-7-12-6-13(18)23(31)30(12)19-9-27-17(8-28-19)24(32)33;20-13-2-1-3-14(21)16(13)17-12(18(26-23-17)9-4-5-9)8-25-15-7-10-6-11(15)19(24)22-10;1-11-6(10)4-2-9-5(7)3-8-4/h2-4,9-10,12-14,19H,5-8,11H2,1H3;1-3,8-9,11-13,18H,4-7,10H2,(H,32,33);1-3,9-11,15H,4-8H2,(H,22,24);2-3H,1H3/t13-,14+,19+;12-,13+,18+;10-,11+,15+;/m000./s1. The molecule has 0 radical (unpaired) electrons. The highest BCUT2D eigenvalue weighted by atomic mass is 79.9. The Labute approximate surface area is 654 Å². The minimum atomic E-state index is -1.16. The van der Waals surface area contributed by atoms with Gasteiger partial charge < -0.3 is 47.7 Å². The lowest BCUT2D eigenvalue weighted by atomic mass is 10.0. The molecule has 18 rings (SSSR count). The molecule has 9 aliphatic rings. The first-order valence-electron chi connectivity index (χ1n) is 34.8. The molecule has 560 valence electrons. The molecule has 6 aromatic heterocycles. The summed E-state index contributed by atoms with van der Waals surface area (Å²) < 4.78 is 45.5. The highest BCUT2D eigenvalue weighted by molar-refractivity contribution is 9.10. The molecular weight excluding hydrogens is 1590 g/mol. The van der Waals surface area contributed by atoms with Crippen molar-refractivity contribution in [3.05, 3.63) is 178 Å². The van der Waals surface area contributed by atoms with E-state index in [0.29, 0.717) is 130 Å². The Balaban J connectivity index is 0.000000122. The van der Waals surface area contributed by atoms with Crippen molar-refractivity contribution in [2.75, 3.05) is 24.0 Å². The Morgan fingerprint density at radius 2 is 0.843 bits per heavy atom. The Bertz CT molecular complexity index is 4890. The molecule has 9 fully saturated rings. The van der Waals surface area contributed by atoms with Crippen LogP contribution in [0.15, 0.2) is 110 Å². The van der Waals surface area contributed by atoms with Crippen molar-refractivity contribution in [2.45, 2.75) is 151 Å². The molecule has 0 spiro atoms. The van der Waals surface area contributed by atoms with Gasteiger partial charge in [0.25, 0.3) is 0 Å². The molecule has 6 aliphatic carbocycles. The van der Waals surface area contributed by atoms with Gasteiger partial charge in [-0.15, -0.1) is 0 Å². The Kier molecular flexibility index (Phi) is 22.1. The molecule has 108 heavy (non-hydrogen) atoms. The van der Waals surface area contributed by atoms with Gasteiger partial charge in [0, 0.05) is 69.3 Å². The van der Waals surface area contributed by atoms with Crippen molar-refractivity contribution in [1.29, 1.82) is 0 Å². The number of methoxy groups -OCH3 is 2. The maximum Gasteiger partial charge on any atom is 0.358 e. The molecule has 2 N–H and O–H groups in total. The van der Waals surface area contributed by atoms with Crippen molar-refractivity contribution in [2.24, 2.45) is 17.8 Å². The Morgan fingerprint density at radius 1 is 0.481 bits per heavy atom. The summed E-state index contributed by atoms with van der Waals surface area (Å²) in [5.41, 5.74) is 6.43. The van der Waals surface area contributed by atoms with Crippen LogP contribution in [0.4, 0.5) is 11.6 Å². The number of rotatable bonds is 20. The van der Waals surface area contributed by atoms with E-state index < -0.39 is 17.9 Å². The summed E-state index contributed by atoms with van der Waals surface area (Å²) in [7, 11) is 2.58. The third-order valence-corrected chi connectivity index (χ3v) is 22.9. The molecule has 9 aromatic rings. The fourth-order valence-corrected chi connectivity index (χ4v) is 16.8.